The van der Waals surface area contributed by atoms with E-state index in [4.69, 9.17) is 11.6 Å². The third kappa shape index (κ3) is 2.56. The van der Waals surface area contributed by atoms with E-state index < -0.39 is 5.38 Å². The maximum Gasteiger partial charge on any atom is 0.128 e. The van der Waals surface area contributed by atoms with Gasteiger partial charge in [0.05, 0.1) is 5.38 Å². The molecule has 3 rings (SSSR count). The minimum Gasteiger partial charge on any atom is -0.207 e. The van der Waals surface area contributed by atoms with E-state index >= 15 is 0 Å². The van der Waals surface area contributed by atoms with Gasteiger partial charge in [-0.15, -0.1) is 11.6 Å². The van der Waals surface area contributed by atoms with Gasteiger partial charge in [0.15, 0.2) is 0 Å². The molecule has 2 aromatic rings. The highest BCUT2D eigenvalue weighted by Crippen LogP contribution is 2.34. The fourth-order valence-electron chi connectivity index (χ4n) is 2.64. The van der Waals surface area contributed by atoms with Crippen LogP contribution in [0.5, 0.6) is 0 Å². The van der Waals surface area contributed by atoms with E-state index in [-0.39, 0.29) is 5.82 Å². The molecule has 3 heteroatoms. The number of hydrogen-bond acceptors (Lipinski definition) is 0. The molecule has 1 unspecified atom stereocenters. The van der Waals surface area contributed by atoms with Crippen LogP contribution in [0.15, 0.2) is 40.9 Å². The van der Waals surface area contributed by atoms with Crippen molar-refractivity contribution in [1.82, 2.24) is 0 Å². The standard InChI is InChI=1S/C16H13BrClF/c17-13-6-7-15(19)14(9-13)16(18)12-5-4-10-2-1-3-11(10)8-12/h4-9,16H,1-3H2. The van der Waals surface area contributed by atoms with Crippen molar-refractivity contribution in [2.75, 3.05) is 0 Å². The van der Waals surface area contributed by atoms with Gasteiger partial charge in [-0.05, 0) is 54.2 Å². The normalized spacial score (nSPS) is 15.3. The average Bonchev–Trinajstić information content (AvgIpc) is 2.88. The molecule has 0 amide bonds. The van der Waals surface area contributed by atoms with Gasteiger partial charge in [0.2, 0.25) is 0 Å². The first kappa shape index (κ1) is 13.1. The van der Waals surface area contributed by atoms with E-state index in [9.17, 15) is 4.39 Å². The summed E-state index contributed by atoms with van der Waals surface area (Å²) in [5.41, 5.74) is 4.26. The lowest BCUT2D eigenvalue weighted by Crippen LogP contribution is -1.98. The molecular weight excluding hydrogens is 327 g/mol. The number of halogens is 3. The van der Waals surface area contributed by atoms with Gasteiger partial charge in [-0.25, -0.2) is 4.39 Å². The van der Waals surface area contributed by atoms with Crippen molar-refractivity contribution >= 4 is 27.5 Å². The molecule has 1 aliphatic rings. The maximum atomic E-state index is 13.9. The van der Waals surface area contributed by atoms with Crippen molar-refractivity contribution in [2.24, 2.45) is 0 Å². The molecule has 0 bridgehead atoms. The number of rotatable bonds is 2. The van der Waals surface area contributed by atoms with Crippen LogP contribution >= 0.6 is 27.5 Å². The second-order valence-corrected chi connectivity index (χ2v) is 6.26. The smallest absolute Gasteiger partial charge is 0.128 e. The summed E-state index contributed by atoms with van der Waals surface area (Å²) in [6.07, 6.45) is 3.46. The highest BCUT2D eigenvalue weighted by molar-refractivity contribution is 9.10. The Hall–Kier alpha value is -0.860. The van der Waals surface area contributed by atoms with E-state index in [2.05, 4.69) is 28.1 Å². The summed E-state index contributed by atoms with van der Waals surface area (Å²) in [5.74, 6) is -0.260. The zero-order valence-electron chi connectivity index (χ0n) is 10.3. The van der Waals surface area contributed by atoms with Crippen LogP contribution in [0.25, 0.3) is 0 Å². The summed E-state index contributed by atoms with van der Waals surface area (Å²) in [6, 6.07) is 11.2. The Balaban J connectivity index is 1.99. The Labute approximate surface area is 125 Å². The van der Waals surface area contributed by atoms with Crippen molar-refractivity contribution in [3.8, 4) is 0 Å². The van der Waals surface area contributed by atoms with Gasteiger partial charge >= 0.3 is 0 Å². The number of alkyl halides is 1. The average molecular weight is 340 g/mol. The Kier molecular flexibility index (Phi) is 3.64. The molecule has 0 N–H and O–H groups in total. The Morgan fingerprint density at radius 2 is 1.84 bits per heavy atom. The predicted octanol–water partition coefficient (Wildman–Crippen LogP) is 5.41. The summed E-state index contributed by atoms with van der Waals surface area (Å²) in [7, 11) is 0. The van der Waals surface area contributed by atoms with Crippen LogP contribution in [0.3, 0.4) is 0 Å². The summed E-state index contributed by atoms with van der Waals surface area (Å²) in [5, 5.41) is -0.441. The first-order chi connectivity index (χ1) is 9.15. The second kappa shape index (κ2) is 5.26. The monoisotopic (exact) mass is 338 g/mol. The van der Waals surface area contributed by atoms with Crippen molar-refractivity contribution < 1.29 is 4.39 Å². The van der Waals surface area contributed by atoms with E-state index in [1.807, 2.05) is 6.07 Å². The lowest BCUT2D eigenvalue weighted by Gasteiger charge is -2.13. The molecule has 2 aromatic carbocycles. The van der Waals surface area contributed by atoms with Gasteiger partial charge in [-0.2, -0.15) is 0 Å². The van der Waals surface area contributed by atoms with Crippen molar-refractivity contribution in [3.63, 3.8) is 0 Å². The minimum absolute atomic E-state index is 0.260. The summed E-state index contributed by atoms with van der Waals surface area (Å²) < 4.78 is 14.7. The topological polar surface area (TPSA) is 0 Å². The summed E-state index contributed by atoms with van der Waals surface area (Å²) in [4.78, 5) is 0. The van der Waals surface area contributed by atoms with Crippen molar-refractivity contribution in [3.05, 3.63) is 68.9 Å². The summed E-state index contributed by atoms with van der Waals surface area (Å²) in [6.45, 7) is 0. The molecule has 0 saturated carbocycles. The van der Waals surface area contributed by atoms with Gasteiger partial charge < -0.3 is 0 Å². The molecule has 0 saturated heterocycles. The third-order valence-electron chi connectivity index (χ3n) is 3.65. The molecule has 0 radical (unpaired) electrons. The molecule has 1 atom stereocenters. The molecule has 0 heterocycles. The fraction of sp³-hybridized carbons (Fsp3) is 0.250. The van der Waals surface area contributed by atoms with Crippen LogP contribution in [-0.2, 0) is 12.8 Å². The Morgan fingerprint density at radius 1 is 1.05 bits per heavy atom. The fourth-order valence-corrected chi connectivity index (χ4v) is 3.32. The van der Waals surface area contributed by atoms with Crippen LogP contribution in [0, 0.1) is 5.82 Å². The van der Waals surface area contributed by atoms with Crippen molar-refractivity contribution in [1.29, 1.82) is 0 Å². The van der Waals surface area contributed by atoms with Crippen molar-refractivity contribution in [2.45, 2.75) is 24.6 Å². The SMILES string of the molecule is Fc1ccc(Br)cc1C(Cl)c1ccc2c(c1)CCC2. The first-order valence-electron chi connectivity index (χ1n) is 6.36. The number of fused-ring (bicyclic) bond motifs is 1. The van der Waals surface area contributed by atoms with Gasteiger partial charge in [0.1, 0.15) is 5.82 Å². The maximum absolute atomic E-state index is 13.9. The molecule has 0 nitrogen and oxygen atoms in total. The molecule has 0 fully saturated rings. The minimum atomic E-state index is -0.441. The van der Waals surface area contributed by atoms with E-state index in [1.54, 1.807) is 12.1 Å². The third-order valence-corrected chi connectivity index (χ3v) is 4.63. The van der Waals surface area contributed by atoms with E-state index in [0.29, 0.717) is 5.56 Å². The quantitative estimate of drug-likeness (QED) is 0.642. The lowest BCUT2D eigenvalue weighted by molar-refractivity contribution is 0.612. The Bertz CT molecular complexity index is 624. The van der Waals surface area contributed by atoms with Crippen LogP contribution in [0.2, 0.25) is 0 Å². The number of hydrogen-bond donors (Lipinski definition) is 0. The molecule has 19 heavy (non-hydrogen) atoms. The van der Waals surface area contributed by atoms with Crippen LogP contribution in [0.1, 0.15) is 34.1 Å². The zero-order valence-corrected chi connectivity index (χ0v) is 12.6. The molecule has 98 valence electrons. The Morgan fingerprint density at radius 3 is 2.68 bits per heavy atom. The molecule has 0 spiro atoms. The molecule has 0 aliphatic heterocycles. The van der Waals surface area contributed by atoms with Crippen LogP contribution in [-0.4, -0.2) is 0 Å². The van der Waals surface area contributed by atoms with Gasteiger partial charge in [-0.3, -0.25) is 0 Å². The largest absolute Gasteiger partial charge is 0.207 e. The van der Waals surface area contributed by atoms with Crippen LogP contribution in [0.4, 0.5) is 4.39 Å². The predicted molar refractivity (Wildman–Crippen MR) is 80.3 cm³/mol. The van der Waals surface area contributed by atoms with Gasteiger partial charge in [0, 0.05) is 10.0 Å². The number of aryl methyl sites for hydroxylation is 2. The molecule has 0 aromatic heterocycles. The lowest BCUT2D eigenvalue weighted by atomic mass is 10.00. The summed E-state index contributed by atoms with van der Waals surface area (Å²) >= 11 is 9.81. The van der Waals surface area contributed by atoms with E-state index in [0.717, 1.165) is 22.9 Å². The first-order valence-corrected chi connectivity index (χ1v) is 7.59. The second-order valence-electron chi connectivity index (χ2n) is 4.91. The molecular formula is C16H13BrClF. The molecule has 1 aliphatic carbocycles. The highest BCUT2D eigenvalue weighted by Gasteiger charge is 2.18. The van der Waals surface area contributed by atoms with Gasteiger partial charge in [0.25, 0.3) is 0 Å². The number of benzene rings is 2. The van der Waals surface area contributed by atoms with Gasteiger partial charge in [-0.1, -0.05) is 34.1 Å². The highest BCUT2D eigenvalue weighted by atomic mass is 79.9. The van der Waals surface area contributed by atoms with E-state index in [1.165, 1.54) is 23.6 Å². The van der Waals surface area contributed by atoms with Crippen LogP contribution < -0.4 is 0 Å². The zero-order chi connectivity index (χ0) is 13.4.